The van der Waals surface area contributed by atoms with Crippen molar-refractivity contribution in [2.45, 2.75) is 96.8 Å². The van der Waals surface area contributed by atoms with Crippen LogP contribution in [-0.4, -0.2) is 6.67 Å². The summed E-state index contributed by atoms with van der Waals surface area (Å²) in [6.07, 6.45) is 23.6. The normalized spacial score (nSPS) is 32.4. The Morgan fingerprint density at radius 2 is 1.26 bits per heavy atom. The highest BCUT2D eigenvalue weighted by atomic mass is 19.1. The molecule has 0 spiro atoms. The lowest BCUT2D eigenvalue weighted by Gasteiger charge is -2.38. The molecule has 2 aliphatic carbocycles. The molecule has 2 fully saturated rings. The summed E-state index contributed by atoms with van der Waals surface area (Å²) in [5.74, 6) is 4.10. The maximum atomic E-state index is 12.0. The largest absolute Gasteiger partial charge is 0.251 e. The molecule has 0 atom stereocenters. The second kappa shape index (κ2) is 11.3. The lowest BCUT2D eigenvalue weighted by molar-refractivity contribution is 0.141. The topological polar surface area (TPSA) is 0 Å². The molecule has 134 valence electrons. The van der Waals surface area contributed by atoms with Crippen molar-refractivity contribution in [3.63, 3.8) is 0 Å². The van der Waals surface area contributed by atoms with Crippen LogP contribution in [-0.2, 0) is 0 Å². The first-order chi connectivity index (χ1) is 11.3. The van der Waals surface area contributed by atoms with Crippen LogP contribution in [0.1, 0.15) is 96.8 Å². The van der Waals surface area contributed by atoms with E-state index in [0.717, 1.165) is 30.1 Å². The van der Waals surface area contributed by atoms with Crippen LogP contribution in [0, 0.1) is 23.7 Å². The van der Waals surface area contributed by atoms with Crippen LogP contribution in [0.3, 0.4) is 0 Å². The Kier molecular flexibility index (Phi) is 9.31. The van der Waals surface area contributed by atoms with Crippen LogP contribution in [0.15, 0.2) is 12.2 Å². The van der Waals surface area contributed by atoms with E-state index in [1.807, 2.05) is 6.08 Å². The zero-order valence-corrected chi connectivity index (χ0v) is 15.4. The van der Waals surface area contributed by atoms with E-state index >= 15 is 0 Å². The zero-order valence-electron chi connectivity index (χ0n) is 15.4. The third-order valence-corrected chi connectivity index (χ3v) is 6.60. The first kappa shape index (κ1) is 19.0. The number of alkyl halides is 1. The van der Waals surface area contributed by atoms with Gasteiger partial charge in [-0.25, -0.2) is 0 Å². The third-order valence-electron chi connectivity index (χ3n) is 6.60. The molecule has 2 aliphatic rings. The Morgan fingerprint density at radius 3 is 1.78 bits per heavy atom. The monoisotopic (exact) mass is 322 g/mol. The van der Waals surface area contributed by atoms with Crippen molar-refractivity contribution in [1.29, 1.82) is 0 Å². The Bertz CT molecular complexity index is 306. The molecule has 2 saturated carbocycles. The first-order valence-electron chi connectivity index (χ1n) is 10.5. The molecule has 0 radical (unpaired) electrons. The highest BCUT2D eigenvalue weighted by molar-refractivity contribution is 4.85. The van der Waals surface area contributed by atoms with Crippen LogP contribution in [0.5, 0.6) is 0 Å². The molecule has 0 saturated heterocycles. The lowest BCUT2D eigenvalue weighted by Crippen LogP contribution is -2.25. The van der Waals surface area contributed by atoms with Crippen molar-refractivity contribution in [1.82, 2.24) is 0 Å². The average molecular weight is 323 g/mol. The van der Waals surface area contributed by atoms with Gasteiger partial charge in [-0.15, -0.1) is 0 Å². The van der Waals surface area contributed by atoms with Crippen LogP contribution < -0.4 is 0 Å². The Hall–Kier alpha value is -0.330. The second-order valence-electron chi connectivity index (χ2n) is 8.23. The van der Waals surface area contributed by atoms with Crippen molar-refractivity contribution in [2.24, 2.45) is 23.7 Å². The second-order valence-corrected chi connectivity index (χ2v) is 8.23. The Balaban J connectivity index is 1.58. The molecule has 23 heavy (non-hydrogen) atoms. The molecule has 0 aromatic carbocycles. The molecule has 0 nitrogen and oxygen atoms in total. The highest BCUT2D eigenvalue weighted by Gasteiger charge is 2.30. The fraction of sp³-hybridized carbons (Fsp3) is 0.909. The SMILES string of the molecule is CCCC[C@H]1CC[C@H]([C@H]2CC[C@H](CCC=CCCF)CC2)CC1. The van der Waals surface area contributed by atoms with Crippen LogP contribution in [0.25, 0.3) is 0 Å². The minimum atomic E-state index is -0.206. The predicted octanol–water partition coefficient (Wildman–Crippen LogP) is 7.49. The standard InChI is InChI=1S/C22H39F/c1-2-3-8-19-10-14-21(15-11-19)22-16-12-20(13-17-22)9-6-4-5-7-18-23/h4-5,19-22H,2-3,6-18H2,1H3/t19-,20-,21-,22-. The Labute approximate surface area is 144 Å². The van der Waals surface area contributed by atoms with Crippen molar-refractivity contribution in [2.75, 3.05) is 6.67 Å². The average Bonchev–Trinajstić information content (AvgIpc) is 2.61. The van der Waals surface area contributed by atoms with E-state index in [2.05, 4.69) is 13.0 Å². The molecule has 0 amide bonds. The maximum absolute atomic E-state index is 12.0. The van der Waals surface area contributed by atoms with E-state index < -0.39 is 0 Å². The van der Waals surface area contributed by atoms with Crippen LogP contribution in [0.4, 0.5) is 4.39 Å². The van der Waals surface area contributed by atoms with Crippen molar-refractivity contribution in [3.05, 3.63) is 12.2 Å². The van der Waals surface area contributed by atoms with Gasteiger partial charge >= 0.3 is 0 Å². The number of rotatable bonds is 9. The van der Waals surface area contributed by atoms with Gasteiger partial charge in [0.1, 0.15) is 0 Å². The summed E-state index contributed by atoms with van der Waals surface area (Å²) in [4.78, 5) is 0. The summed E-state index contributed by atoms with van der Waals surface area (Å²) in [7, 11) is 0. The van der Waals surface area contributed by atoms with Gasteiger partial charge in [-0.2, -0.15) is 0 Å². The van der Waals surface area contributed by atoms with Crippen molar-refractivity contribution in [3.8, 4) is 0 Å². The predicted molar refractivity (Wildman–Crippen MR) is 99.4 cm³/mol. The maximum Gasteiger partial charge on any atom is 0.0928 e. The lowest BCUT2D eigenvalue weighted by atomic mass is 9.68. The molecule has 0 aromatic heterocycles. The summed E-state index contributed by atoms with van der Waals surface area (Å²) >= 11 is 0. The fourth-order valence-electron chi connectivity index (χ4n) is 5.02. The number of hydrogen-bond acceptors (Lipinski definition) is 0. The van der Waals surface area contributed by atoms with Crippen LogP contribution in [0.2, 0.25) is 0 Å². The van der Waals surface area contributed by atoms with E-state index in [0.29, 0.717) is 6.42 Å². The quantitative estimate of drug-likeness (QED) is 0.386. The summed E-state index contributed by atoms with van der Waals surface area (Å²) in [5.41, 5.74) is 0. The molecule has 0 unspecified atom stereocenters. The van der Waals surface area contributed by atoms with E-state index in [4.69, 9.17) is 0 Å². The van der Waals surface area contributed by atoms with Crippen molar-refractivity contribution < 1.29 is 4.39 Å². The molecule has 0 heterocycles. The van der Waals surface area contributed by atoms with E-state index in [-0.39, 0.29) is 6.67 Å². The third kappa shape index (κ3) is 6.98. The number of allylic oxidation sites excluding steroid dienone is 2. The minimum Gasteiger partial charge on any atom is -0.251 e. The van der Waals surface area contributed by atoms with Gasteiger partial charge in [-0.3, -0.25) is 4.39 Å². The first-order valence-corrected chi connectivity index (χ1v) is 10.5. The van der Waals surface area contributed by atoms with Gasteiger partial charge in [0.05, 0.1) is 6.67 Å². The molecule has 0 bridgehead atoms. The summed E-state index contributed by atoms with van der Waals surface area (Å²) < 4.78 is 12.0. The van der Waals surface area contributed by atoms with Gasteiger partial charge in [0.15, 0.2) is 0 Å². The molecule has 0 aromatic rings. The van der Waals surface area contributed by atoms with Gasteiger partial charge in [-0.05, 0) is 68.6 Å². The number of halogens is 1. The molecule has 0 aliphatic heterocycles. The van der Waals surface area contributed by atoms with Crippen LogP contribution >= 0.6 is 0 Å². The summed E-state index contributed by atoms with van der Waals surface area (Å²) in [6, 6.07) is 0. The van der Waals surface area contributed by atoms with Gasteiger partial charge in [0.2, 0.25) is 0 Å². The van der Waals surface area contributed by atoms with E-state index in [9.17, 15) is 4.39 Å². The highest BCUT2D eigenvalue weighted by Crippen LogP contribution is 2.43. The molecule has 2 rings (SSSR count). The molecule has 0 N–H and O–H groups in total. The number of unbranched alkanes of at least 4 members (excludes halogenated alkanes) is 1. The summed E-state index contributed by atoms with van der Waals surface area (Å²) in [6.45, 7) is 2.11. The zero-order chi connectivity index (χ0) is 16.3. The van der Waals surface area contributed by atoms with Gasteiger partial charge in [0.25, 0.3) is 0 Å². The van der Waals surface area contributed by atoms with Crippen molar-refractivity contribution >= 4 is 0 Å². The number of hydrogen-bond donors (Lipinski definition) is 0. The van der Waals surface area contributed by atoms with Gasteiger partial charge in [0, 0.05) is 0 Å². The molecular weight excluding hydrogens is 283 g/mol. The molecular formula is C22H39F. The van der Waals surface area contributed by atoms with E-state index in [1.165, 1.54) is 77.0 Å². The Morgan fingerprint density at radius 1 is 0.739 bits per heavy atom. The van der Waals surface area contributed by atoms with E-state index in [1.54, 1.807) is 0 Å². The summed E-state index contributed by atoms with van der Waals surface area (Å²) in [5, 5.41) is 0. The fourth-order valence-corrected chi connectivity index (χ4v) is 5.02. The minimum absolute atomic E-state index is 0.206. The van der Waals surface area contributed by atoms with Gasteiger partial charge in [-0.1, -0.05) is 64.0 Å². The van der Waals surface area contributed by atoms with Gasteiger partial charge < -0.3 is 0 Å². The smallest absolute Gasteiger partial charge is 0.0928 e. The molecule has 1 heteroatoms.